The van der Waals surface area contributed by atoms with Crippen LogP contribution in [0.15, 0.2) is 24.3 Å². The topological polar surface area (TPSA) is 32.3 Å². The maximum absolute atomic E-state index is 14.1. The molecule has 0 radical (unpaired) electrons. The lowest BCUT2D eigenvalue weighted by Crippen LogP contribution is -2.36. The summed E-state index contributed by atoms with van der Waals surface area (Å²) in [5.74, 6) is 0.407. The molecule has 0 aromatic heterocycles. The minimum atomic E-state index is -0.361. The van der Waals surface area contributed by atoms with Crippen molar-refractivity contribution in [3.63, 3.8) is 0 Å². The third kappa shape index (κ3) is 3.26. The fourth-order valence-electron chi connectivity index (χ4n) is 2.73. The molecule has 1 fully saturated rings. The number of rotatable bonds is 5. The van der Waals surface area contributed by atoms with Gasteiger partial charge in [-0.3, -0.25) is 10.1 Å². The Morgan fingerprint density at radius 2 is 1.95 bits per heavy atom. The van der Waals surface area contributed by atoms with Crippen molar-refractivity contribution in [3.8, 4) is 0 Å². The molecule has 1 heterocycles. The molecule has 1 aromatic carbocycles. The molecule has 3 atom stereocenters. The van der Waals surface area contributed by atoms with Crippen molar-refractivity contribution in [2.45, 2.75) is 46.3 Å². The van der Waals surface area contributed by atoms with Gasteiger partial charge in [0, 0.05) is 12.1 Å². The summed E-state index contributed by atoms with van der Waals surface area (Å²) < 4.78 is 14.1. The van der Waals surface area contributed by atoms with Crippen LogP contribution in [0.3, 0.4) is 0 Å². The van der Waals surface area contributed by atoms with Crippen molar-refractivity contribution in [1.82, 2.24) is 10.2 Å². The fraction of sp³-hybridized carbons (Fsp3) is 0.588. The largest absolute Gasteiger partial charge is 0.321 e. The lowest BCUT2D eigenvalue weighted by molar-refractivity contribution is -0.131. The third-order valence-corrected chi connectivity index (χ3v) is 4.27. The average molecular weight is 292 g/mol. The van der Waals surface area contributed by atoms with Gasteiger partial charge in [-0.2, -0.15) is 0 Å². The summed E-state index contributed by atoms with van der Waals surface area (Å²) in [5.41, 5.74) is 0.553. The van der Waals surface area contributed by atoms with Crippen LogP contribution in [0.1, 0.15) is 45.8 Å². The number of nitrogens with zero attached hydrogens (tertiary/aromatic N) is 1. The molecule has 1 saturated heterocycles. The van der Waals surface area contributed by atoms with E-state index in [0.717, 1.165) is 6.42 Å². The number of halogens is 1. The summed E-state index contributed by atoms with van der Waals surface area (Å²) >= 11 is 0. The number of hydrogen-bond acceptors (Lipinski definition) is 2. The number of hydrogen-bond donors (Lipinski definition) is 1. The van der Waals surface area contributed by atoms with E-state index < -0.39 is 0 Å². The SMILES string of the molecule is CCC(C)CN1C(=O)C(C(C)C)NC1c1ccccc1F. The summed E-state index contributed by atoms with van der Waals surface area (Å²) in [7, 11) is 0. The fourth-order valence-corrected chi connectivity index (χ4v) is 2.73. The van der Waals surface area contributed by atoms with E-state index in [9.17, 15) is 9.18 Å². The van der Waals surface area contributed by atoms with E-state index in [4.69, 9.17) is 0 Å². The van der Waals surface area contributed by atoms with E-state index in [1.807, 2.05) is 19.9 Å². The van der Waals surface area contributed by atoms with Crippen LogP contribution >= 0.6 is 0 Å². The summed E-state index contributed by atoms with van der Waals surface area (Å²) in [6.45, 7) is 8.91. The average Bonchev–Trinajstić information content (AvgIpc) is 2.77. The van der Waals surface area contributed by atoms with Crippen LogP contribution in [-0.4, -0.2) is 23.4 Å². The maximum Gasteiger partial charge on any atom is 0.241 e. The second-order valence-corrected chi connectivity index (χ2v) is 6.32. The first kappa shape index (κ1) is 16.0. The lowest BCUT2D eigenvalue weighted by atomic mass is 10.0. The minimum Gasteiger partial charge on any atom is -0.321 e. The highest BCUT2D eigenvalue weighted by Gasteiger charge is 2.41. The van der Waals surface area contributed by atoms with E-state index in [-0.39, 0.29) is 29.8 Å². The Morgan fingerprint density at radius 1 is 1.29 bits per heavy atom. The quantitative estimate of drug-likeness (QED) is 0.903. The molecule has 1 aliphatic heterocycles. The Hall–Kier alpha value is -1.42. The van der Waals surface area contributed by atoms with E-state index in [0.29, 0.717) is 18.0 Å². The Bertz CT molecular complexity index is 503. The van der Waals surface area contributed by atoms with Crippen LogP contribution in [0.5, 0.6) is 0 Å². The van der Waals surface area contributed by atoms with Crippen molar-refractivity contribution in [2.75, 3.05) is 6.54 Å². The van der Waals surface area contributed by atoms with Gasteiger partial charge in [-0.25, -0.2) is 4.39 Å². The van der Waals surface area contributed by atoms with Gasteiger partial charge in [0.2, 0.25) is 5.91 Å². The predicted molar refractivity (Wildman–Crippen MR) is 82.1 cm³/mol. The van der Waals surface area contributed by atoms with Crippen LogP contribution in [0.2, 0.25) is 0 Å². The van der Waals surface area contributed by atoms with Crippen LogP contribution in [0.4, 0.5) is 4.39 Å². The first-order valence-electron chi connectivity index (χ1n) is 7.76. The van der Waals surface area contributed by atoms with Gasteiger partial charge < -0.3 is 4.90 Å². The molecule has 3 nitrogen and oxygen atoms in total. The zero-order chi connectivity index (χ0) is 15.6. The first-order valence-corrected chi connectivity index (χ1v) is 7.76. The normalized spacial score (nSPS) is 23.9. The summed E-state index contributed by atoms with van der Waals surface area (Å²) in [4.78, 5) is 14.4. The van der Waals surface area contributed by atoms with Gasteiger partial charge in [0.05, 0.1) is 6.04 Å². The molecule has 3 unspecified atom stereocenters. The second-order valence-electron chi connectivity index (χ2n) is 6.32. The van der Waals surface area contributed by atoms with E-state index in [1.54, 1.807) is 17.0 Å². The molecular formula is C17H25FN2O. The first-order chi connectivity index (χ1) is 9.95. The Balaban J connectivity index is 2.32. The molecule has 0 bridgehead atoms. The number of nitrogens with one attached hydrogen (secondary N) is 1. The zero-order valence-electron chi connectivity index (χ0n) is 13.3. The van der Waals surface area contributed by atoms with Gasteiger partial charge in [0.25, 0.3) is 0 Å². The minimum absolute atomic E-state index is 0.0820. The monoisotopic (exact) mass is 292 g/mol. The molecule has 0 saturated carbocycles. The smallest absolute Gasteiger partial charge is 0.241 e. The lowest BCUT2D eigenvalue weighted by Gasteiger charge is -2.27. The van der Waals surface area contributed by atoms with Gasteiger partial charge in [0.1, 0.15) is 12.0 Å². The predicted octanol–water partition coefficient (Wildman–Crippen LogP) is 3.33. The summed E-state index contributed by atoms with van der Waals surface area (Å²) in [5, 5.41) is 3.31. The summed E-state index contributed by atoms with van der Waals surface area (Å²) in [6.07, 6.45) is 0.639. The van der Waals surface area contributed by atoms with Crippen LogP contribution in [0.25, 0.3) is 0 Å². The molecule has 1 aliphatic rings. The number of carbonyl (C=O) groups excluding carboxylic acids is 1. The van der Waals surface area contributed by atoms with Crippen molar-refractivity contribution < 1.29 is 9.18 Å². The summed E-state index contributed by atoms with van der Waals surface area (Å²) in [6, 6.07) is 6.46. The number of benzene rings is 1. The Morgan fingerprint density at radius 3 is 2.52 bits per heavy atom. The molecule has 0 aliphatic carbocycles. The molecule has 1 amide bonds. The van der Waals surface area contributed by atoms with Gasteiger partial charge in [-0.15, -0.1) is 0 Å². The highest BCUT2D eigenvalue weighted by atomic mass is 19.1. The standard InChI is InChI=1S/C17H25FN2O/c1-5-12(4)10-20-16(13-8-6-7-9-14(13)18)19-15(11(2)3)17(20)21/h6-9,11-12,15-16,19H,5,10H2,1-4H3. The number of carbonyl (C=O) groups is 1. The molecule has 21 heavy (non-hydrogen) atoms. The molecule has 4 heteroatoms. The van der Waals surface area contributed by atoms with Crippen molar-refractivity contribution in [1.29, 1.82) is 0 Å². The van der Waals surface area contributed by atoms with E-state index in [1.165, 1.54) is 6.07 Å². The van der Waals surface area contributed by atoms with Gasteiger partial charge >= 0.3 is 0 Å². The van der Waals surface area contributed by atoms with Gasteiger partial charge in [0.15, 0.2) is 0 Å². The highest BCUT2D eigenvalue weighted by molar-refractivity contribution is 5.84. The highest BCUT2D eigenvalue weighted by Crippen LogP contribution is 2.30. The molecule has 1 aromatic rings. The maximum atomic E-state index is 14.1. The van der Waals surface area contributed by atoms with Crippen molar-refractivity contribution in [2.24, 2.45) is 11.8 Å². The van der Waals surface area contributed by atoms with Crippen molar-refractivity contribution in [3.05, 3.63) is 35.6 Å². The van der Waals surface area contributed by atoms with Crippen molar-refractivity contribution >= 4 is 5.91 Å². The molecule has 0 spiro atoms. The molecular weight excluding hydrogens is 267 g/mol. The van der Waals surface area contributed by atoms with Gasteiger partial charge in [-0.1, -0.05) is 52.3 Å². The molecule has 2 rings (SSSR count). The van der Waals surface area contributed by atoms with E-state index in [2.05, 4.69) is 19.2 Å². The van der Waals surface area contributed by atoms with Gasteiger partial charge in [-0.05, 0) is 17.9 Å². The van der Waals surface area contributed by atoms with E-state index >= 15 is 0 Å². The zero-order valence-corrected chi connectivity index (χ0v) is 13.3. The van der Waals surface area contributed by atoms with Crippen LogP contribution in [-0.2, 0) is 4.79 Å². The third-order valence-electron chi connectivity index (χ3n) is 4.27. The molecule has 1 N–H and O–H groups in total. The molecule has 116 valence electrons. The Kier molecular flexibility index (Phi) is 4.99. The number of amides is 1. The van der Waals surface area contributed by atoms with Crippen LogP contribution in [0, 0.1) is 17.7 Å². The van der Waals surface area contributed by atoms with Crippen LogP contribution < -0.4 is 5.32 Å². The second kappa shape index (κ2) is 6.56. The Labute approximate surface area is 126 Å².